The summed E-state index contributed by atoms with van der Waals surface area (Å²) in [5.74, 6) is -0.480. The summed E-state index contributed by atoms with van der Waals surface area (Å²) in [6.45, 7) is 0. The molecule has 0 heterocycles. The molecule has 0 amide bonds. The number of rotatable bonds is 5. The van der Waals surface area contributed by atoms with Crippen molar-refractivity contribution in [2.45, 2.75) is 12.3 Å². The van der Waals surface area contributed by atoms with Crippen molar-refractivity contribution in [1.29, 1.82) is 0 Å². The van der Waals surface area contributed by atoms with E-state index in [1.54, 1.807) is 0 Å². The molecule has 0 spiro atoms. The minimum atomic E-state index is -0.279. The van der Waals surface area contributed by atoms with Gasteiger partial charge in [-0.1, -0.05) is 84.9 Å². The smallest absolute Gasteiger partial charge is 0.313 e. The molecule has 0 bridgehead atoms. The van der Waals surface area contributed by atoms with Crippen molar-refractivity contribution in [2.75, 3.05) is 7.11 Å². The average Bonchev–Trinajstić information content (AvgIpc) is 2.67. The van der Waals surface area contributed by atoms with Crippen LogP contribution in [0.1, 0.15) is 17.0 Å². The molecule has 0 fully saturated rings. The molecule has 3 rings (SSSR count). The standard InChI is InChI=1S/C22H20O2/c1-24-22(23)21(20-10-6-3-7-11-20)16-17-12-14-19(15-13-17)18-8-4-2-5-9-18/h2-15,21H,16H2,1H3. The number of hydrogen-bond acceptors (Lipinski definition) is 2. The van der Waals surface area contributed by atoms with Crippen molar-refractivity contribution in [3.8, 4) is 11.1 Å². The van der Waals surface area contributed by atoms with Gasteiger partial charge < -0.3 is 4.74 Å². The molecule has 1 unspecified atom stereocenters. The van der Waals surface area contributed by atoms with Crippen molar-refractivity contribution < 1.29 is 9.53 Å². The Bertz CT molecular complexity index is 777. The first-order valence-electron chi connectivity index (χ1n) is 8.05. The SMILES string of the molecule is COC(=O)C(Cc1ccc(-c2ccccc2)cc1)c1ccccc1. The second-order valence-electron chi connectivity index (χ2n) is 5.75. The van der Waals surface area contributed by atoms with Gasteiger partial charge in [-0.15, -0.1) is 0 Å². The number of carbonyl (C=O) groups is 1. The summed E-state index contributed by atoms with van der Waals surface area (Å²) < 4.78 is 4.99. The molecule has 0 N–H and O–H groups in total. The predicted octanol–water partition coefficient (Wildman–Crippen LogP) is 4.85. The zero-order valence-electron chi connectivity index (χ0n) is 13.7. The van der Waals surface area contributed by atoms with Crippen molar-refractivity contribution in [3.05, 3.63) is 96.1 Å². The van der Waals surface area contributed by atoms with Crippen LogP contribution in [0.5, 0.6) is 0 Å². The summed E-state index contributed by atoms with van der Waals surface area (Å²) in [6, 6.07) is 28.4. The lowest BCUT2D eigenvalue weighted by Gasteiger charge is -2.15. The van der Waals surface area contributed by atoms with Crippen LogP contribution >= 0.6 is 0 Å². The lowest BCUT2D eigenvalue weighted by molar-refractivity contribution is -0.142. The number of ether oxygens (including phenoxy) is 1. The second kappa shape index (κ2) is 7.60. The molecule has 120 valence electrons. The highest BCUT2D eigenvalue weighted by Crippen LogP contribution is 2.25. The molecule has 0 saturated heterocycles. The van der Waals surface area contributed by atoms with E-state index in [1.165, 1.54) is 18.2 Å². The molecular formula is C22H20O2. The highest BCUT2D eigenvalue weighted by Gasteiger charge is 2.21. The molecule has 0 radical (unpaired) electrons. The second-order valence-corrected chi connectivity index (χ2v) is 5.75. The molecule has 24 heavy (non-hydrogen) atoms. The molecule has 0 saturated carbocycles. The zero-order valence-corrected chi connectivity index (χ0v) is 13.7. The topological polar surface area (TPSA) is 26.3 Å². The van der Waals surface area contributed by atoms with E-state index in [1.807, 2.05) is 48.5 Å². The fourth-order valence-corrected chi connectivity index (χ4v) is 2.86. The largest absolute Gasteiger partial charge is 0.469 e. The molecular weight excluding hydrogens is 296 g/mol. The molecule has 0 aliphatic heterocycles. The number of carbonyl (C=O) groups excluding carboxylic acids is 1. The van der Waals surface area contributed by atoms with Crippen LogP contribution in [0, 0.1) is 0 Å². The Balaban J connectivity index is 1.82. The van der Waals surface area contributed by atoms with E-state index < -0.39 is 0 Å². The maximum Gasteiger partial charge on any atom is 0.313 e. The summed E-state index contributed by atoms with van der Waals surface area (Å²) in [5, 5.41) is 0. The summed E-state index contributed by atoms with van der Waals surface area (Å²) >= 11 is 0. The van der Waals surface area contributed by atoms with Crippen molar-refractivity contribution >= 4 is 5.97 Å². The van der Waals surface area contributed by atoms with Crippen LogP contribution in [0.4, 0.5) is 0 Å². The Kier molecular flexibility index (Phi) is 5.07. The summed E-state index contributed by atoms with van der Waals surface area (Å²) in [5.41, 5.74) is 4.47. The number of benzene rings is 3. The molecule has 3 aromatic rings. The van der Waals surface area contributed by atoms with Gasteiger partial charge in [0.15, 0.2) is 0 Å². The summed E-state index contributed by atoms with van der Waals surface area (Å²) in [4.78, 5) is 12.2. The molecule has 0 aliphatic rings. The molecule has 2 heteroatoms. The van der Waals surface area contributed by atoms with E-state index >= 15 is 0 Å². The fourth-order valence-electron chi connectivity index (χ4n) is 2.86. The van der Waals surface area contributed by atoms with Gasteiger partial charge in [0, 0.05) is 0 Å². The van der Waals surface area contributed by atoms with Gasteiger partial charge in [0.2, 0.25) is 0 Å². The highest BCUT2D eigenvalue weighted by atomic mass is 16.5. The Morgan fingerprint density at radius 3 is 1.92 bits per heavy atom. The van der Waals surface area contributed by atoms with Gasteiger partial charge in [-0.05, 0) is 28.7 Å². The quantitative estimate of drug-likeness (QED) is 0.629. The number of hydrogen-bond donors (Lipinski definition) is 0. The van der Waals surface area contributed by atoms with Gasteiger partial charge in [-0.25, -0.2) is 0 Å². The number of esters is 1. The minimum absolute atomic E-state index is 0.201. The van der Waals surface area contributed by atoms with Crippen LogP contribution in [0.25, 0.3) is 11.1 Å². The molecule has 0 aliphatic carbocycles. The van der Waals surface area contributed by atoms with Crippen LogP contribution in [-0.4, -0.2) is 13.1 Å². The van der Waals surface area contributed by atoms with Crippen LogP contribution in [0.15, 0.2) is 84.9 Å². The van der Waals surface area contributed by atoms with E-state index in [2.05, 4.69) is 36.4 Å². The van der Waals surface area contributed by atoms with Crippen molar-refractivity contribution in [3.63, 3.8) is 0 Å². The Morgan fingerprint density at radius 2 is 1.33 bits per heavy atom. The van der Waals surface area contributed by atoms with Gasteiger partial charge in [0.25, 0.3) is 0 Å². The first-order chi connectivity index (χ1) is 11.8. The molecule has 2 nitrogen and oxygen atoms in total. The maximum absolute atomic E-state index is 12.2. The lowest BCUT2D eigenvalue weighted by Crippen LogP contribution is -2.16. The van der Waals surface area contributed by atoms with Gasteiger partial charge >= 0.3 is 5.97 Å². The predicted molar refractivity (Wildman–Crippen MR) is 96.8 cm³/mol. The third kappa shape index (κ3) is 3.72. The van der Waals surface area contributed by atoms with E-state index in [0.717, 1.165) is 11.1 Å². The van der Waals surface area contributed by atoms with Crippen molar-refractivity contribution in [1.82, 2.24) is 0 Å². The van der Waals surface area contributed by atoms with Gasteiger partial charge in [-0.3, -0.25) is 4.79 Å². The van der Waals surface area contributed by atoms with Gasteiger partial charge in [0.05, 0.1) is 13.0 Å². The Morgan fingerprint density at radius 1 is 0.792 bits per heavy atom. The Labute approximate surface area is 142 Å². The molecule has 3 aromatic carbocycles. The summed E-state index contributed by atoms with van der Waals surface area (Å²) in [7, 11) is 1.44. The lowest BCUT2D eigenvalue weighted by atomic mass is 9.91. The minimum Gasteiger partial charge on any atom is -0.469 e. The van der Waals surface area contributed by atoms with E-state index in [4.69, 9.17) is 4.74 Å². The fraction of sp³-hybridized carbons (Fsp3) is 0.136. The molecule has 1 atom stereocenters. The highest BCUT2D eigenvalue weighted by molar-refractivity contribution is 5.78. The van der Waals surface area contributed by atoms with Gasteiger partial charge in [-0.2, -0.15) is 0 Å². The Hall–Kier alpha value is -2.87. The third-order valence-electron chi connectivity index (χ3n) is 4.19. The summed E-state index contributed by atoms with van der Waals surface area (Å²) in [6.07, 6.45) is 0.631. The van der Waals surface area contributed by atoms with Crippen LogP contribution in [-0.2, 0) is 16.0 Å². The monoisotopic (exact) mass is 316 g/mol. The number of methoxy groups -OCH3 is 1. The van der Waals surface area contributed by atoms with Crippen LogP contribution < -0.4 is 0 Å². The van der Waals surface area contributed by atoms with E-state index in [9.17, 15) is 4.79 Å². The van der Waals surface area contributed by atoms with E-state index in [-0.39, 0.29) is 11.9 Å². The van der Waals surface area contributed by atoms with Crippen molar-refractivity contribution in [2.24, 2.45) is 0 Å². The molecule has 0 aromatic heterocycles. The van der Waals surface area contributed by atoms with Gasteiger partial charge in [0.1, 0.15) is 0 Å². The van der Waals surface area contributed by atoms with Crippen LogP contribution in [0.3, 0.4) is 0 Å². The van der Waals surface area contributed by atoms with Crippen LogP contribution in [0.2, 0.25) is 0 Å². The first-order valence-corrected chi connectivity index (χ1v) is 8.05. The normalized spacial score (nSPS) is 11.7. The zero-order chi connectivity index (χ0) is 16.8. The maximum atomic E-state index is 12.2. The third-order valence-corrected chi connectivity index (χ3v) is 4.19. The van der Waals surface area contributed by atoms with E-state index in [0.29, 0.717) is 6.42 Å². The average molecular weight is 316 g/mol. The first kappa shape index (κ1) is 16.0.